The molecule has 0 bridgehead atoms. The summed E-state index contributed by atoms with van der Waals surface area (Å²) in [6.45, 7) is 1.37. The highest BCUT2D eigenvalue weighted by molar-refractivity contribution is 5.32. The molecule has 1 aliphatic rings. The van der Waals surface area contributed by atoms with Crippen LogP contribution < -0.4 is 5.32 Å². The van der Waals surface area contributed by atoms with Crippen LogP contribution >= 0.6 is 0 Å². The number of aromatic hydroxyl groups is 1. The first-order valence-electron chi connectivity index (χ1n) is 7.39. The Hall–Kier alpha value is -1.13. The van der Waals surface area contributed by atoms with E-state index in [0.29, 0.717) is 12.1 Å². The molecule has 1 aliphatic carbocycles. The van der Waals surface area contributed by atoms with Crippen molar-refractivity contribution in [3.63, 3.8) is 0 Å². The van der Waals surface area contributed by atoms with Crippen molar-refractivity contribution in [1.29, 1.82) is 0 Å². The van der Waals surface area contributed by atoms with Gasteiger partial charge in [0, 0.05) is 24.2 Å². The minimum Gasteiger partial charge on any atom is -0.508 e. The fraction of sp³-hybridized carbons (Fsp3) is 0.625. The molecule has 112 valence electrons. The van der Waals surface area contributed by atoms with E-state index < -0.39 is 0 Å². The van der Waals surface area contributed by atoms with Crippen molar-refractivity contribution >= 4 is 0 Å². The molecule has 0 unspecified atom stereocenters. The first kappa shape index (κ1) is 15.3. The number of likely N-dealkylation sites (N-methyl/N-ethyl adjacent to an activating group) is 1. The van der Waals surface area contributed by atoms with Crippen LogP contribution in [0.3, 0.4) is 0 Å². The van der Waals surface area contributed by atoms with Gasteiger partial charge in [-0.2, -0.15) is 0 Å². The van der Waals surface area contributed by atoms with Gasteiger partial charge >= 0.3 is 0 Å². The number of nitrogens with zero attached hydrogens (tertiary/aromatic N) is 1. The summed E-state index contributed by atoms with van der Waals surface area (Å²) >= 11 is 0. The zero-order valence-electron chi connectivity index (χ0n) is 12.5. The van der Waals surface area contributed by atoms with E-state index in [1.165, 1.54) is 50.3 Å². The average molecular weight is 280 g/mol. The van der Waals surface area contributed by atoms with E-state index in [1.54, 1.807) is 0 Å². The van der Waals surface area contributed by atoms with Crippen molar-refractivity contribution in [2.24, 2.45) is 0 Å². The molecule has 0 aromatic heterocycles. The molecule has 1 aromatic carbocycles. The second kappa shape index (κ2) is 6.55. The van der Waals surface area contributed by atoms with Crippen LogP contribution in [0.5, 0.6) is 5.75 Å². The highest BCUT2D eigenvalue weighted by Crippen LogP contribution is 2.31. The van der Waals surface area contributed by atoms with Gasteiger partial charge in [-0.1, -0.05) is 19.3 Å². The maximum absolute atomic E-state index is 13.2. The molecule has 1 aromatic rings. The van der Waals surface area contributed by atoms with Gasteiger partial charge in [0.2, 0.25) is 0 Å². The van der Waals surface area contributed by atoms with Crippen LogP contribution in [0.25, 0.3) is 0 Å². The van der Waals surface area contributed by atoms with Gasteiger partial charge < -0.3 is 15.3 Å². The Morgan fingerprint density at radius 3 is 2.60 bits per heavy atom. The van der Waals surface area contributed by atoms with Crippen molar-refractivity contribution in [3.8, 4) is 5.75 Å². The summed E-state index contributed by atoms with van der Waals surface area (Å²) in [5.41, 5.74) is 0.816. The Balaban J connectivity index is 1.95. The molecule has 20 heavy (non-hydrogen) atoms. The van der Waals surface area contributed by atoms with Crippen LogP contribution in [0.2, 0.25) is 0 Å². The summed E-state index contributed by atoms with van der Waals surface area (Å²) in [5.74, 6) is -0.152. The lowest BCUT2D eigenvalue weighted by molar-refractivity contribution is 0.0983. The standard InChI is InChI=1S/C16H25FN2O/c1-19(2)16(8-4-3-5-9-16)12-18-11-13-10-14(17)6-7-15(13)20/h6-7,10,18,20H,3-5,8-9,11-12H2,1-2H3. The predicted molar refractivity (Wildman–Crippen MR) is 79.3 cm³/mol. The third-order valence-corrected chi connectivity index (χ3v) is 4.54. The average Bonchev–Trinajstić information content (AvgIpc) is 2.43. The number of nitrogens with one attached hydrogen (secondary N) is 1. The number of benzene rings is 1. The molecule has 3 nitrogen and oxygen atoms in total. The zero-order valence-corrected chi connectivity index (χ0v) is 12.5. The third-order valence-electron chi connectivity index (χ3n) is 4.54. The van der Waals surface area contributed by atoms with Crippen LogP contribution in [0.15, 0.2) is 18.2 Å². The summed E-state index contributed by atoms with van der Waals surface area (Å²) in [5, 5.41) is 13.1. The number of phenolic OH excluding ortho intramolecular Hbond substituents is 1. The topological polar surface area (TPSA) is 35.5 Å². The van der Waals surface area contributed by atoms with Crippen LogP contribution in [0.4, 0.5) is 4.39 Å². The van der Waals surface area contributed by atoms with E-state index >= 15 is 0 Å². The van der Waals surface area contributed by atoms with Gasteiger partial charge in [0.25, 0.3) is 0 Å². The van der Waals surface area contributed by atoms with E-state index in [-0.39, 0.29) is 17.1 Å². The third kappa shape index (κ3) is 3.49. The van der Waals surface area contributed by atoms with Crippen molar-refractivity contribution < 1.29 is 9.50 Å². The lowest BCUT2D eigenvalue weighted by atomic mass is 9.80. The summed E-state index contributed by atoms with van der Waals surface area (Å²) in [6, 6.07) is 4.08. The number of phenols is 1. The number of rotatable bonds is 5. The quantitative estimate of drug-likeness (QED) is 0.870. The van der Waals surface area contributed by atoms with Crippen LogP contribution in [-0.2, 0) is 6.54 Å². The highest BCUT2D eigenvalue weighted by atomic mass is 19.1. The normalized spacial score (nSPS) is 18.4. The monoisotopic (exact) mass is 280 g/mol. The van der Waals surface area contributed by atoms with Gasteiger partial charge in [-0.25, -0.2) is 4.39 Å². The van der Waals surface area contributed by atoms with Gasteiger partial charge in [-0.15, -0.1) is 0 Å². The van der Waals surface area contributed by atoms with E-state index in [0.717, 1.165) is 6.54 Å². The molecule has 0 aliphatic heterocycles. The van der Waals surface area contributed by atoms with Gasteiger partial charge in [0.05, 0.1) is 0 Å². The molecule has 4 heteroatoms. The van der Waals surface area contributed by atoms with Gasteiger partial charge in [0.1, 0.15) is 11.6 Å². The molecular formula is C16H25FN2O. The maximum atomic E-state index is 13.2. The van der Waals surface area contributed by atoms with Crippen molar-refractivity contribution in [2.75, 3.05) is 20.6 Å². The molecule has 0 heterocycles. The SMILES string of the molecule is CN(C)C1(CNCc2cc(F)ccc2O)CCCCC1. The van der Waals surface area contributed by atoms with E-state index in [1.807, 2.05) is 0 Å². The first-order valence-corrected chi connectivity index (χ1v) is 7.39. The minimum atomic E-state index is -0.306. The van der Waals surface area contributed by atoms with Crippen LogP contribution in [0, 0.1) is 5.82 Å². The second-order valence-corrected chi connectivity index (χ2v) is 6.06. The molecule has 0 atom stereocenters. The van der Waals surface area contributed by atoms with Crippen LogP contribution in [-0.4, -0.2) is 36.2 Å². The zero-order chi connectivity index (χ0) is 14.6. The lowest BCUT2D eigenvalue weighted by Crippen LogP contribution is -2.52. The smallest absolute Gasteiger partial charge is 0.123 e. The van der Waals surface area contributed by atoms with Gasteiger partial charge in [-0.05, 0) is 45.1 Å². The summed E-state index contributed by atoms with van der Waals surface area (Å²) in [6.07, 6.45) is 6.25. The molecule has 1 fully saturated rings. The molecule has 1 saturated carbocycles. The molecule has 0 saturated heterocycles. The molecule has 0 radical (unpaired) electrons. The molecule has 2 N–H and O–H groups in total. The second-order valence-electron chi connectivity index (χ2n) is 6.06. The highest BCUT2D eigenvalue weighted by Gasteiger charge is 2.33. The molecule has 0 spiro atoms. The van der Waals surface area contributed by atoms with Crippen molar-refractivity contribution in [3.05, 3.63) is 29.6 Å². The molecular weight excluding hydrogens is 255 g/mol. The van der Waals surface area contributed by atoms with Gasteiger partial charge in [-0.3, -0.25) is 0 Å². The number of hydrogen-bond donors (Lipinski definition) is 2. The summed E-state index contributed by atoms with van der Waals surface area (Å²) < 4.78 is 13.2. The van der Waals surface area contributed by atoms with Crippen molar-refractivity contribution in [2.45, 2.75) is 44.2 Å². The maximum Gasteiger partial charge on any atom is 0.123 e. The molecule has 0 amide bonds. The largest absolute Gasteiger partial charge is 0.508 e. The Morgan fingerprint density at radius 1 is 1.25 bits per heavy atom. The Kier molecular flexibility index (Phi) is 5.00. The fourth-order valence-electron chi connectivity index (χ4n) is 3.12. The van der Waals surface area contributed by atoms with E-state index in [4.69, 9.17) is 0 Å². The Labute approximate surface area is 120 Å². The predicted octanol–water partition coefficient (Wildman–Crippen LogP) is 2.89. The van der Waals surface area contributed by atoms with Crippen molar-refractivity contribution in [1.82, 2.24) is 10.2 Å². The fourth-order valence-corrected chi connectivity index (χ4v) is 3.12. The Morgan fingerprint density at radius 2 is 1.95 bits per heavy atom. The van der Waals surface area contributed by atoms with E-state index in [2.05, 4.69) is 24.3 Å². The van der Waals surface area contributed by atoms with Crippen LogP contribution in [0.1, 0.15) is 37.7 Å². The lowest BCUT2D eigenvalue weighted by Gasteiger charge is -2.43. The summed E-state index contributed by atoms with van der Waals surface area (Å²) in [4.78, 5) is 2.31. The van der Waals surface area contributed by atoms with E-state index in [9.17, 15) is 9.50 Å². The first-order chi connectivity index (χ1) is 9.53. The number of hydrogen-bond acceptors (Lipinski definition) is 3. The molecule has 2 rings (SSSR count). The van der Waals surface area contributed by atoms with Gasteiger partial charge in [0.15, 0.2) is 0 Å². The number of halogens is 1. The minimum absolute atomic E-state index is 0.154. The summed E-state index contributed by atoms with van der Waals surface area (Å²) in [7, 11) is 4.26. The Bertz CT molecular complexity index is 442.